The summed E-state index contributed by atoms with van der Waals surface area (Å²) in [4.78, 5) is 25.5. The predicted octanol–water partition coefficient (Wildman–Crippen LogP) is 2.72. The van der Waals surface area contributed by atoms with Crippen molar-refractivity contribution in [2.24, 2.45) is 0 Å². The van der Waals surface area contributed by atoms with E-state index in [2.05, 4.69) is 5.32 Å². The van der Waals surface area contributed by atoms with Gasteiger partial charge >= 0.3 is 0 Å². The largest absolute Gasteiger partial charge is 0.497 e. The van der Waals surface area contributed by atoms with Crippen LogP contribution in [-0.4, -0.2) is 51.9 Å². The standard InChI is InChI=1S/C21H27N3O5S/c1-5-23(6-2)21(26)15-24(18-9-11-19(29-4)12-10-18)30(27,28)20-13-7-17(8-14-20)22-16(3)25/h7-14H,5-6,15H2,1-4H3,(H,22,25). The van der Waals surface area contributed by atoms with Crippen LogP contribution in [0.5, 0.6) is 5.75 Å². The minimum atomic E-state index is -4.03. The van der Waals surface area contributed by atoms with Crippen molar-refractivity contribution in [1.82, 2.24) is 4.90 Å². The van der Waals surface area contributed by atoms with Crippen LogP contribution in [0.1, 0.15) is 20.8 Å². The molecule has 2 amide bonds. The molecular formula is C21H27N3O5S. The molecule has 0 unspecified atom stereocenters. The van der Waals surface area contributed by atoms with Gasteiger partial charge in [0.05, 0.1) is 17.7 Å². The molecule has 2 rings (SSSR count). The van der Waals surface area contributed by atoms with E-state index in [1.54, 1.807) is 29.2 Å². The molecule has 2 aromatic carbocycles. The third-order valence-corrected chi connectivity index (χ3v) is 6.31. The summed E-state index contributed by atoms with van der Waals surface area (Å²) in [6, 6.07) is 12.3. The van der Waals surface area contributed by atoms with Crippen molar-refractivity contribution < 1.29 is 22.7 Å². The third kappa shape index (κ3) is 5.50. The Balaban J connectivity index is 2.45. The molecule has 0 aliphatic heterocycles. The Morgan fingerprint density at radius 1 is 0.967 bits per heavy atom. The number of benzene rings is 2. The molecule has 0 aliphatic carbocycles. The highest BCUT2D eigenvalue weighted by Gasteiger charge is 2.28. The number of amides is 2. The van der Waals surface area contributed by atoms with Gasteiger partial charge in [0, 0.05) is 25.7 Å². The van der Waals surface area contributed by atoms with Crippen LogP contribution < -0.4 is 14.4 Å². The zero-order valence-electron chi connectivity index (χ0n) is 17.6. The third-order valence-electron chi connectivity index (χ3n) is 4.52. The van der Waals surface area contributed by atoms with E-state index in [-0.39, 0.29) is 23.3 Å². The summed E-state index contributed by atoms with van der Waals surface area (Å²) in [5.74, 6) is 0.0235. The first-order valence-electron chi connectivity index (χ1n) is 9.55. The predicted molar refractivity (Wildman–Crippen MR) is 116 cm³/mol. The van der Waals surface area contributed by atoms with E-state index in [1.165, 1.54) is 38.3 Å². The molecule has 2 aromatic rings. The number of hydrogen-bond acceptors (Lipinski definition) is 5. The topological polar surface area (TPSA) is 96.0 Å². The van der Waals surface area contributed by atoms with Crippen LogP contribution in [0, 0.1) is 0 Å². The fraction of sp³-hybridized carbons (Fsp3) is 0.333. The molecule has 0 spiro atoms. The van der Waals surface area contributed by atoms with Gasteiger partial charge in [-0.2, -0.15) is 0 Å². The number of likely N-dealkylation sites (N-methyl/N-ethyl adjacent to an activating group) is 1. The quantitative estimate of drug-likeness (QED) is 0.656. The van der Waals surface area contributed by atoms with Crippen LogP contribution >= 0.6 is 0 Å². The highest BCUT2D eigenvalue weighted by Crippen LogP contribution is 2.26. The molecule has 0 radical (unpaired) electrons. The average Bonchev–Trinajstić information content (AvgIpc) is 2.73. The van der Waals surface area contributed by atoms with Crippen molar-refractivity contribution in [2.75, 3.05) is 36.4 Å². The maximum Gasteiger partial charge on any atom is 0.264 e. The number of carbonyl (C=O) groups is 2. The van der Waals surface area contributed by atoms with E-state index in [4.69, 9.17) is 4.74 Å². The monoisotopic (exact) mass is 433 g/mol. The van der Waals surface area contributed by atoms with E-state index in [0.717, 1.165) is 4.31 Å². The Labute approximate surface area is 177 Å². The summed E-state index contributed by atoms with van der Waals surface area (Å²) in [6.07, 6.45) is 0. The molecule has 0 saturated heterocycles. The SMILES string of the molecule is CCN(CC)C(=O)CN(c1ccc(OC)cc1)S(=O)(=O)c1ccc(NC(C)=O)cc1. The summed E-state index contributed by atoms with van der Waals surface area (Å²) in [7, 11) is -2.51. The van der Waals surface area contributed by atoms with Crippen molar-refractivity contribution in [3.05, 3.63) is 48.5 Å². The average molecular weight is 434 g/mol. The summed E-state index contributed by atoms with van der Waals surface area (Å²) in [5, 5.41) is 2.60. The first-order chi connectivity index (χ1) is 14.2. The molecule has 0 saturated carbocycles. The lowest BCUT2D eigenvalue weighted by molar-refractivity contribution is -0.129. The molecule has 0 fully saturated rings. The van der Waals surface area contributed by atoms with E-state index in [0.29, 0.717) is 30.2 Å². The lowest BCUT2D eigenvalue weighted by Gasteiger charge is -2.27. The molecule has 30 heavy (non-hydrogen) atoms. The lowest BCUT2D eigenvalue weighted by atomic mass is 10.3. The molecule has 0 aliphatic rings. The summed E-state index contributed by atoms with van der Waals surface area (Å²) >= 11 is 0. The number of ether oxygens (including phenoxy) is 1. The minimum Gasteiger partial charge on any atom is -0.497 e. The van der Waals surface area contributed by atoms with Gasteiger partial charge in [-0.1, -0.05) is 0 Å². The van der Waals surface area contributed by atoms with Crippen molar-refractivity contribution in [1.29, 1.82) is 0 Å². The summed E-state index contributed by atoms with van der Waals surface area (Å²) < 4.78 is 33.0. The van der Waals surface area contributed by atoms with Crippen LogP contribution in [0.15, 0.2) is 53.4 Å². The summed E-state index contributed by atoms with van der Waals surface area (Å²) in [5.41, 5.74) is 0.832. The maximum absolute atomic E-state index is 13.4. The van der Waals surface area contributed by atoms with Gasteiger partial charge in [-0.3, -0.25) is 13.9 Å². The fourth-order valence-electron chi connectivity index (χ4n) is 2.90. The Kier molecular flexibility index (Phi) is 7.82. The van der Waals surface area contributed by atoms with E-state index in [9.17, 15) is 18.0 Å². The minimum absolute atomic E-state index is 0.0137. The highest BCUT2D eigenvalue weighted by molar-refractivity contribution is 7.92. The number of rotatable bonds is 9. The molecule has 0 aromatic heterocycles. The first kappa shape index (κ1) is 23.2. The number of anilines is 2. The highest BCUT2D eigenvalue weighted by atomic mass is 32.2. The Morgan fingerprint density at radius 2 is 1.53 bits per heavy atom. The Bertz CT molecular complexity index is 969. The fourth-order valence-corrected chi connectivity index (χ4v) is 4.32. The van der Waals surface area contributed by atoms with Crippen molar-refractivity contribution in [3.8, 4) is 5.75 Å². The van der Waals surface area contributed by atoms with Gasteiger partial charge in [-0.15, -0.1) is 0 Å². The van der Waals surface area contributed by atoms with Crippen LogP contribution in [0.4, 0.5) is 11.4 Å². The zero-order valence-corrected chi connectivity index (χ0v) is 18.4. The van der Waals surface area contributed by atoms with Crippen molar-refractivity contribution in [2.45, 2.75) is 25.7 Å². The van der Waals surface area contributed by atoms with Gasteiger partial charge in [-0.05, 0) is 62.4 Å². The van der Waals surface area contributed by atoms with Gasteiger partial charge in [0.1, 0.15) is 12.3 Å². The number of methoxy groups -OCH3 is 1. The van der Waals surface area contributed by atoms with Crippen molar-refractivity contribution >= 4 is 33.2 Å². The van der Waals surface area contributed by atoms with Crippen LogP contribution in [0.25, 0.3) is 0 Å². The second-order valence-electron chi connectivity index (χ2n) is 6.48. The number of hydrogen-bond donors (Lipinski definition) is 1. The second-order valence-corrected chi connectivity index (χ2v) is 8.34. The van der Waals surface area contributed by atoms with E-state index in [1.807, 2.05) is 13.8 Å². The number of nitrogens with one attached hydrogen (secondary N) is 1. The van der Waals surface area contributed by atoms with Gasteiger partial charge in [0.2, 0.25) is 11.8 Å². The van der Waals surface area contributed by atoms with Gasteiger partial charge < -0.3 is 15.0 Å². The second kappa shape index (κ2) is 10.1. The molecule has 0 atom stereocenters. The normalized spacial score (nSPS) is 10.9. The first-order valence-corrected chi connectivity index (χ1v) is 11.0. The molecule has 1 N–H and O–H groups in total. The van der Waals surface area contributed by atoms with Crippen LogP contribution in [0.2, 0.25) is 0 Å². The van der Waals surface area contributed by atoms with Gasteiger partial charge in [0.25, 0.3) is 10.0 Å². The molecule has 0 heterocycles. The van der Waals surface area contributed by atoms with Crippen LogP contribution in [-0.2, 0) is 19.6 Å². The van der Waals surface area contributed by atoms with Crippen molar-refractivity contribution in [3.63, 3.8) is 0 Å². The molecular weight excluding hydrogens is 406 g/mol. The van der Waals surface area contributed by atoms with Gasteiger partial charge in [0.15, 0.2) is 0 Å². The number of carbonyl (C=O) groups excluding carboxylic acids is 2. The molecule has 8 nitrogen and oxygen atoms in total. The molecule has 0 bridgehead atoms. The molecule has 162 valence electrons. The number of nitrogens with zero attached hydrogens (tertiary/aromatic N) is 2. The van der Waals surface area contributed by atoms with E-state index < -0.39 is 10.0 Å². The molecule has 9 heteroatoms. The lowest BCUT2D eigenvalue weighted by Crippen LogP contribution is -2.43. The van der Waals surface area contributed by atoms with E-state index >= 15 is 0 Å². The number of sulfonamides is 1. The maximum atomic E-state index is 13.4. The Hall–Kier alpha value is -3.07. The smallest absolute Gasteiger partial charge is 0.264 e. The zero-order chi connectivity index (χ0) is 22.3. The summed E-state index contributed by atoms with van der Waals surface area (Å²) in [6.45, 7) is 5.69. The Morgan fingerprint density at radius 3 is 2.00 bits per heavy atom. The van der Waals surface area contributed by atoms with Gasteiger partial charge in [-0.25, -0.2) is 8.42 Å². The van der Waals surface area contributed by atoms with Crippen LogP contribution in [0.3, 0.4) is 0 Å².